The fourth-order valence-corrected chi connectivity index (χ4v) is 4.23. The molecule has 1 aliphatic heterocycles. The van der Waals surface area contributed by atoms with E-state index in [-0.39, 0.29) is 12.3 Å². The van der Waals surface area contributed by atoms with E-state index in [4.69, 9.17) is 9.15 Å². The van der Waals surface area contributed by atoms with Gasteiger partial charge >= 0.3 is 0 Å². The largest absolute Gasteiger partial charge is 0.450 e. The average molecular weight is 362 g/mol. The number of fused-ring (bicyclic) bond motifs is 3. The maximum absolute atomic E-state index is 12.4. The van der Waals surface area contributed by atoms with Crippen molar-refractivity contribution in [2.75, 3.05) is 43.9 Å². The monoisotopic (exact) mass is 362 g/mol. The van der Waals surface area contributed by atoms with E-state index < -0.39 is 10.0 Å². The number of rotatable bonds is 5. The quantitative estimate of drug-likeness (QED) is 0.733. The molecule has 1 N–H and O–H groups in total. The third-order valence-electron chi connectivity index (χ3n) is 4.17. The SMILES string of the molecule is O=S(=O)(CCNc1ncnc2c1oc1ccccc12)N1CCOCC1. The van der Waals surface area contributed by atoms with Gasteiger partial charge in [-0.15, -0.1) is 0 Å². The van der Waals surface area contributed by atoms with Crippen molar-refractivity contribution in [2.45, 2.75) is 0 Å². The van der Waals surface area contributed by atoms with E-state index in [1.165, 1.54) is 10.6 Å². The van der Waals surface area contributed by atoms with Crippen LogP contribution in [0, 0.1) is 0 Å². The Morgan fingerprint density at radius 2 is 1.96 bits per heavy atom. The van der Waals surface area contributed by atoms with E-state index in [0.29, 0.717) is 43.2 Å². The van der Waals surface area contributed by atoms with Gasteiger partial charge in [0.15, 0.2) is 11.4 Å². The molecular formula is C16H18N4O4S. The number of nitrogens with zero attached hydrogens (tertiary/aromatic N) is 3. The minimum absolute atomic E-state index is 0.0152. The van der Waals surface area contributed by atoms with E-state index in [1.807, 2.05) is 24.3 Å². The van der Waals surface area contributed by atoms with Gasteiger partial charge in [-0.3, -0.25) is 0 Å². The van der Waals surface area contributed by atoms with Gasteiger partial charge in [-0.25, -0.2) is 18.4 Å². The molecule has 0 atom stereocenters. The van der Waals surface area contributed by atoms with Crippen LogP contribution in [0.5, 0.6) is 0 Å². The molecule has 4 rings (SSSR count). The first-order chi connectivity index (χ1) is 12.1. The molecule has 0 aliphatic carbocycles. The molecular weight excluding hydrogens is 344 g/mol. The highest BCUT2D eigenvalue weighted by molar-refractivity contribution is 7.89. The maximum atomic E-state index is 12.4. The number of benzene rings is 1. The van der Waals surface area contributed by atoms with Crippen LogP contribution in [0.4, 0.5) is 5.82 Å². The molecule has 25 heavy (non-hydrogen) atoms. The van der Waals surface area contributed by atoms with Gasteiger partial charge in [-0.1, -0.05) is 12.1 Å². The molecule has 1 aliphatic rings. The van der Waals surface area contributed by atoms with Crippen molar-refractivity contribution in [2.24, 2.45) is 0 Å². The Morgan fingerprint density at radius 3 is 2.80 bits per heavy atom. The Hall–Kier alpha value is -2.23. The normalized spacial score (nSPS) is 16.5. The van der Waals surface area contributed by atoms with Gasteiger partial charge in [0.05, 0.1) is 19.0 Å². The van der Waals surface area contributed by atoms with Crippen LogP contribution in [0.3, 0.4) is 0 Å². The van der Waals surface area contributed by atoms with Gasteiger partial charge in [0, 0.05) is 25.0 Å². The number of hydrogen-bond acceptors (Lipinski definition) is 7. The van der Waals surface area contributed by atoms with Crippen LogP contribution in [0.1, 0.15) is 0 Å². The standard InChI is InChI=1S/C16H18N4O4S/c21-25(22,20-6-8-23-9-7-20)10-5-17-16-15-14(18-11-19-16)12-3-1-2-4-13(12)24-15/h1-4,11H,5-10H2,(H,17,18,19). The van der Waals surface area contributed by atoms with Crippen molar-refractivity contribution >= 4 is 37.9 Å². The molecule has 0 spiro atoms. The predicted octanol–water partition coefficient (Wildman–Crippen LogP) is 1.45. The minimum Gasteiger partial charge on any atom is -0.450 e. The van der Waals surface area contributed by atoms with E-state index in [2.05, 4.69) is 15.3 Å². The van der Waals surface area contributed by atoms with E-state index in [1.54, 1.807) is 0 Å². The fourth-order valence-electron chi connectivity index (χ4n) is 2.90. The summed E-state index contributed by atoms with van der Waals surface area (Å²) in [5, 5.41) is 3.97. The topological polar surface area (TPSA) is 97.6 Å². The summed E-state index contributed by atoms with van der Waals surface area (Å²) in [6.45, 7) is 1.94. The zero-order chi connectivity index (χ0) is 17.3. The third kappa shape index (κ3) is 3.17. The summed E-state index contributed by atoms with van der Waals surface area (Å²) < 4.78 is 37.2. The van der Waals surface area contributed by atoms with Crippen molar-refractivity contribution < 1.29 is 17.6 Å². The van der Waals surface area contributed by atoms with Crippen molar-refractivity contribution in [1.29, 1.82) is 0 Å². The van der Waals surface area contributed by atoms with E-state index in [9.17, 15) is 8.42 Å². The number of ether oxygens (including phenoxy) is 1. The summed E-state index contributed by atoms with van der Waals surface area (Å²) in [5.74, 6) is 0.483. The molecule has 0 bridgehead atoms. The van der Waals surface area contributed by atoms with Crippen LogP contribution in [-0.4, -0.2) is 61.3 Å². The van der Waals surface area contributed by atoms with Crippen molar-refractivity contribution in [3.8, 4) is 0 Å². The van der Waals surface area contributed by atoms with Crippen LogP contribution < -0.4 is 5.32 Å². The second kappa shape index (κ2) is 6.58. The smallest absolute Gasteiger partial charge is 0.215 e. The van der Waals surface area contributed by atoms with Crippen LogP contribution in [0.15, 0.2) is 35.0 Å². The lowest BCUT2D eigenvalue weighted by Crippen LogP contribution is -2.42. The number of nitrogens with one attached hydrogen (secondary N) is 1. The van der Waals surface area contributed by atoms with Gasteiger partial charge in [-0.05, 0) is 12.1 Å². The zero-order valence-electron chi connectivity index (χ0n) is 13.5. The molecule has 0 unspecified atom stereocenters. The van der Waals surface area contributed by atoms with Crippen LogP contribution in [0.2, 0.25) is 0 Å². The molecule has 9 heteroatoms. The molecule has 8 nitrogen and oxygen atoms in total. The first-order valence-corrected chi connectivity index (χ1v) is 9.68. The predicted molar refractivity (Wildman–Crippen MR) is 94.0 cm³/mol. The summed E-state index contributed by atoms with van der Waals surface area (Å²) in [4.78, 5) is 8.46. The van der Waals surface area contributed by atoms with Gasteiger partial charge < -0.3 is 14.5 Å². The molecule has 2 aromatic heterocycles. The lowest BCUT2D eigenvalue weighted by atomic mass is 10.2. The highest BCUT2D eigenvalue weighted by Crippen LogP contribution is 2.30. The number of para-hydroxylation sites is 1. The molecule has 0 amide bonds. The molecule has 0 saturated carbocycles. The molecule has 3 heterocycles. The molecule has 132 valence electrons. The highest BCUT2D eigenvalue weighted by Gasteiger charge is 2.24. The Balaban J connectivity index is 1.51. The summed E-state index contributed by atoms with van der Waals surface area (Å²) in [6, 6.07) is 7.60. The van der Waals surface area contributed by atoms with E-state index >= 15 is 0 Å². The van der Waals surface area contributed by atoms with Crippen LogP contribution in [0.25, 0.3) is 22.1 Å². The minimum atomic E-state index is -3.31. The fraction of sp³-hybridized carbons (Fsp3) is 0.375. The second-order valence-corrected chi connectivity index (χ2v) is 7.84. The maximum Gasteiger partial charge on any atom is 0.215 e. The Morgan fingerprint density at radius 1 is 1.16 bits per heavy atom. The number of aromatic nitrogens is 2. The number of morpholine rings is 1. The van der Waals surface area contributed by atoms with Crippen molar-refractivity contribution in [3.63, 3.8) is 0 Å². The van der Waals surface area contributed by atoms with Gasteiger partial charge in [0.25, 0.3) is 0 Å². The molecule has 1 saturated heterocycles. The Bertz CT molecular complexity index is 996. The molecule has 1 fully saturated rings. The highest BCUT2D eigenvalue weighted by atomic mass is 32.2. The summed E-state index contributed by atoms with van der Waals surface area (Å²) in [6.07, 6.45) is 1.45. The summed E-state index contributed by atoms with van der Waals surface area (Å²) >= 11 is 0. The third-order valence-corrected chi connectivity index (χ3v) is 6.05. The van der Waals surface area contributed by atoms with Crippen LogP contribution >= 0.6 is 0 Å². The molecule has 0 radical (unpaired) electrons. The zero-order valence-corrected chi connectivity index (χ0v) is 14.3. The number of anilines is 1. The van der Waals surface area contributed by atoms with Gasteiger partial charge in [-0.2, -0.15) is 4.31 Å². The summed E-state index contributed by atoms with van der Waals surface area (Å²) in [5.41, 5.74) is 1.97. The second-order valence-electron chi connectivity index (χ2n) is 5.75. The first-order valence-electron chi connectivity index (χ1n) is 8.07. The molecule has 3 aromatic rings. The first kappa shape index (κ1) is 16.2. The van der Waals surface area contributed by atoms with Gasteiger partial charge in [0.1, 0.15) is 17.4 Å². The summed E-state index contributed by atoms with van der Waals surface area (Å²) in [7, 11) is -3.31. The average Bonchev–Trinajstić information content (AvgIpc) is 3.02. The van der Waals surface area contributed by atoms with Gasteiger partial charge in [0.2, 0.25) is 10.0 Å². The lowest BCUT2D eigenvalue weighted by molar-refractivity contribution is 0.0731. The van der Waals surface area contributed by atoms with E-state index in [0.717, 1.165) is 11.0 Å². The Kier molecular flexibility index (Phi) is 4.28. The lowest BCUT2D eigenvalue weighted by Gasteiger charge is -2.26. The number of furan rings is 1. The van der Waals surface area contributed by atoms with Crippen molar-refractivity contribution in [1.82, 2.24) is 14.3 Å². The number of sulfonamides is 1. The molecule has 1 aromatic carbocycles. The Labute approximate surface area is 144 Å². The van der Waals surface area contributed by atoms with Crippen molar-refractivity contribution in [3.05, 3.63) is 30.6 Å². The van der Waals surface area contributed by atoms with Crippen LogP contribution in [-0.2, 0) is 14.8 Å². The number of hydrogen-bond donors (Lipinski definition) is 1.